The molecule has 3 aromatic rings. The molecule has 0 saturated carbocycles. The van der Waals surface area contributed by atoms with Crippen molar-refractivity contribution in [1.29, 1.82) is 0 Å². The van der Waals surface area contributed by atoms with Crippen molar-refractivity contribution in [2.45, 2.75) is 27.3 Å². The summed E-state index contributed by atoms with van der Waals surface area (Å²) < 4.78 is 41.8. The number of hydrogen-bond acceptors (Lipinski definition) is 2. The standard InChI is InChI=1S/C22H20F3N3O/c1-13-4-6-16(7-5-13)12-28-15(3)17(14(2)27-28)8-11-20(29)26-19-10-9-18(23)21(24)22(19)25/h4-11H,12H2,1-3H3,(H,26,29). The highest BCUT2D eigenvalue weighted by atomic mass is 19.2. The topological polar surface area (TPSA) is 46.9 Å². The molecule has 1 amide bonds. The van der Waals surface area contributed by atoms with Crippen molar-refractivity contribution in [3.8, 4) is 0 Å². The highest BCUT2D eigenvalue weighted by molar-refractivity contribution is 6.02. The molecule has 0 atom stereocenters. The van der Waals surface area contributed by atoms with Crippen LogP contribution >= 0.6 is 0 Å². The number of aromatic nitrogens is 2. The molecule has 0 bridgehead atoms. The fourth-order valence-corrected chi connectivity index (χ4v) is 2.93. The molecule has 29 heavy (non-hydrogen) atoms. The van der Waals surface area contributed by atoms with E-state index in [1.54, 1.807) is 6.08 Å². The van der Waals surface area contributed by atoms with E-state index in [1.807, 2.05) is 49.7 Å². The number of rotatable bonds is 5. The Hall–Kier alpha value is -3.35. The first-order valence-corrected chi connectivity index (χ1v) is 8.98. The average molecular weight is 399 g/mol. The van der Waals surface area contributed by atoms with Crippen LogP contribution in [0.4, 0.5) is 18.9 Å². The molecule has 0 radical (unpaired) electrons. The van der Waals surface area contributed by atoms with Crippen LogP contribution in [0.5, 0.6) is 0 Å². The highest BCUT2D eigenvalue weighted by Gasteiger charge is 2.15. The molecule has 7 heteroatoms. The summed E-state index contributed by atoms with van der Waals surface area (Å²) in [5, 5.41) is 6.71. The van der Waals surface area contributed by atoms with Gasteiger partial charge in [-0.15, -0.1) is 0 Å². The van der Waals surface area contributed by atoms with Crippen molar-refractivity contribution < 1.29 is 18.0 Å². The maximum absolute atomic E-state index is 13.7. The van der Waals surface area contributed by atoms with E-state index in [9.17, 15) is 18.0 Å². The zero-order chi connectivity index (χ0) is 21.1. The van der Waals surface area contributed by atoms with Gasteiger partial charge in [-0.3, -0.25) is 9.48 Å². The van der Waals surface area contributed by atoms with E-state index in [1.165, 1.54) is 11.6 Å². The third kappa shape index (κ3) is 4.56. The maximum atomic E-state index is 13.7. The lowest BCUT2D eigenvalue weighted by atomic mass is 10.1. The summed E-state index contributed by atoms with van der Waals surface area (Å²) in [6.07, 6.45) is 2.77. The lowest BCUT2D eigenvalue weighted by Gasteiger charge is -2.06. The summed E-state index contributed by atoms with van der Waals surface area (Å²) in [4.78, 5) is 12.1. The van der Waals surface area contributed by atoms with Crippen molar-refractivity contribution in [1.82, 2.24) is 9.78 Å². The molecule has 0 aliphatic rings. The molecule has 0 aliphatic heterocycles. The Labute approximate surface area is 166 Å². The minimum atomic E-state index is -1.63. The minimum absolute atomic E-state index is 0.429. The Balaban J connectivity index is 1.75. The molecule has 4 nitrogen and oxygen atoms in total. The number of amides is 1. The Morgan fingerprint density at radius 1 is 1.03 bits per heavy atom. The molecule has 3 rings (SSSR count). The predicted molar refractivity (Wildman–Crippen MR) is 106 cm³/mol. The van der Waals surface area contributed by atoms with Gasteiger partial charge < -0.3 is 5.32 Å². The van der Waals surface area contributed by atoms with Crippen LogP contribution in [0.1, 0.15) is 28.1 Å². The monoisotopic (exact) mass is 399 g/mol. The van der Waals surface area contributed by atoms with Crippen LogP contribution in [-0.4, -0.2) is 15.7 Å². The number of benzene rings is 2. The molecule has 0 fully saturated rings. The number of nitrogens with one attached hydrogen (secondary N) is 1. The second-order valence-electron chi connectivity index (χ2n) is 6.77. The fraction of sp³-hybridized carbons (Fsp3) is 0.182. The van der Waals surface area contributed by atoms with E-state index >= 15 is 0 Å². The van der Waals surface area contributed by atoms with Crippen molar-refractivity contribution >= 4 is 17.7 Å². The second-order valence-corrected chi connectivity index (χ2v) is 6.77. The third-order valence-corrected chi connectivity index (χ3v) is 4.58. The molecular weight excluding hydrogens is 379 g/mol. The number of nitrogens with zero attached hydrogens (tertiary/aromatic N) is 2. The van der Waals surface area contributed by atoms with Gasteiger partial charge in [-0.1, -0.05) is 29.8 Å². The quantitative estimate of drug-likeness (QED) is 0.489. The van der Waals surface area contributed by atoms with Crippen molar-refractivity contribution in [2.24, 2.45) is 0 Å². The summed E-state index contributed by atoms with van der Waals surface area (Å²) in [6, 6.07) is 9.85. The van der Waals surface area contributed by atoms with Crippen LogP contribution in [0, 0.1) is 38.2 Å². The van der Waals surface area contributed by atoms with Crippen LogP contribution < -0.4 is 5.32 Å². The summed E-state index contributed by atoms with van der Waals surface area (Å²) in [5.41, 5.74) is 4.21. The molecule has 1 heterocycles. The van der Waals surface area contributed by atoms with Crippen LogP contribution in [-0.2, 0) is 11.3 Å². The van der Waals surface area contributed by atoms with Crippen LogP contribution in [0.2, 0.25) is 0 Å². The number of anilines is 1. The van der Waals surface area contributed by atoms with Gasteiger partial charge in [-0.2, -0.15) is 5.10 Å². The smallest absolute Gasteiger partial charge is 0.248 e. The molecule has 0 unspecified atom stereocenters. The van der Waals surface area contributed by atoms with Crippen LogP contribution in [0.15, 0.2) is 42.5 Å². The number of carbonyl (C=O) groups excluding carboxylic acids is 1. The van der Waals surface area contributed by atoms with Gasteiger partial charge in [0.25, 0.3) is 0 Å². The molecular formula is C22H20F3N3O. The Kier molecular flexibility index (Phi) is 5.87. The van der Waals surface area contributed by atoms with E-state index in [-0.39, 0.29) is 0 Å². The maximum Gasteiger partial charge on any atom is 0.248 e. The lowest BCUT2D eigenvalue weighted by molar-refractivity contribution is -0.111. The Morgan fingerprint density at radius 2 is 1.72 bits per heavy atom. The largest absolute Gasteiger partial charge is 0.320 e. The Morgan fingerprint density at radius 3 is 2.41 bits per heavy atom. The number of halogens is 3. The molecule has 0 spiro atoms. The lowest BCUT2D eigenvalue weighted by Crippen LogP contribution is -2.10. The van der Waals surface area contributed by atoms with Crippen LogP contribution in [0.25, 0.3) is 6.08 Å². The van der Waals surface area contributed by atoms with Crippen molar-refractivity contribution in [3.63, 3.8) is 0 Å². The van der Waals surface area contributed by atoms with Gasteiger partial charge in [0.15, 0.2) is 17.5 Å². The SMILES string of the molecule is Cc1ccc(Cn2nc(C)c(C=CC(=O)Nc3ccc(F)c(F)c3F)c2C)cc1. The zero-order valence-electron chi connectivity index (χ0n) is 16.3. The molecule has 0 saturated heterocycles. The van der Waals surface area contributed by atoms with E-state index in [4.69, 9.17) is 0 Å². The number of aryl methyl sites for hydroxylation is 2. The van der Waals surface area contributed by atoms with Gasteiger partial charge in [0.1, 0.15) is 0 Å². The van der Waals surface area contributed by atoms with Crippen molar-refractivity contribution in [3.05, 3.63) is 88.0 Å². The van der Waals surface area contributed by atoms with Gasteiger partial charge in [0, 0.05) is 17.3 Å². The molecule has 150 valence electrons. The first kappa shape index (κ1) is 20.4. The normalized spacial score (nSPS) is 11.2. The van der Waals surface area contributed by atoms with E-state index in [0.29, 0.717) is 6.54 Å². The molecule has 2 aromatic carbocycles. The number of hydrogen-bond donors (Lipinski definition) is 1. The fourth-order valence-electron chi connectivity index (χ4n) is 2.93. The van der Waals surface area contributed by atoms with E-state index in [2.05, 4.69) is 10.4 Å². The summed E-state index contributed by atoms with van der Waals surface area (Å²) >= 11 is 0. The Bertz CT molecular complexity index is 1090. The van der Waals surface area contributed by atoms with Gasteiger partial charge in [-0.05, 0) is 44.5 Å². The predicted octanol–water partition coefficient (Wildman–Crippen LogP) is 4.93. The first-order chi connectivity index (χ1) is 13.8. The van der Waals surface area contributed by atoms with Gasteiger partial charge in [0.05, 0.1) is 17.9 Å². The second kappa shape index (κ2) is 8.34. The van der Waals surface area contributed by atoms with Gasteiger partial charge >= 0.3 is 0 Å². The first-order valence-electron chi connectivity index (χ1n) is 8.98. The van der Waals surface area contributed by atoms with E-state index < -0.39 is 29.0 Å². The minimum Gasteiger partial charge on any atom is -0.320 e. The zero-order valence-corrected chi connectivity index (χ0v) is 16.3. The highest BCUT2D eigenvalue weighted by Crippen LogP contribution is 2.20. The average Bonchev–Trinajstić information content (AvgIpc) is 2.95. The number of carbonyl (C=O) groups is 1. The summed E-state index contributed by atoms with van der Waals surface area (Å²) in [6.45, 7) is 6.33. The molecule has 0 aliphatic carbocycles. The van der Waals surface area contributed by atoms with E-state index in [0.717, 1.165) is 34.6 Å². The van der Waals surface area contributed by atoms with Gasteiger partial charge in [-0.25, -0.2) is 13.2 Å². The molecule has 1 aromatic heterocycles. The van der Waals surface area contributed by atoms with Crippen LogP contribution in [0.3, 0.4) is 0 Å². The summed E-state index contributed by atoms with van der Waals surface area (Å²) in [7, 11) is 0. The summed E-state index contributed by atoms with van der Waals surface area (Å²) in [5.74, 6) is -5.05. The van der Waals surface area contributed by atoms with Crippen molar-refractivity contribution in [2.75, 3.05) is 5.32 Å². The molecule has 1 N–H and O–H groups in total. The van der Waals surface area contributed by atoms with Gasteiger partial charge in [0.2, 0.25) is 5.91 Å². The third-order valence-electron chi connectivity index (χ3n) is 4.58.